The number of nitrogens with zero attached hydrogens (tertiary/aromatic N) is 1. The van der Waals surface area contributed by atoms with Crippen molar-refractivity contribution in [3.05, 3.63) is 30.3 Å². The third kappa shape index (κ3) is 3.50. The van der Waals surface area contributed by atoms with Gasteiger partial charge in [-0.3, -0.25) is 9.69 Å². The summed E-state index contributed by atoms with van der Waals surface area (Å²) in [5.74, 6) is -0.215. The molecule has 1 fully saturated rings. The summed E-state index contributed by atoms with van der Waals surface area (Å²) in [6.07, 6.45) is 0.816. The van der Waals surface area contributed by atoms with Crippen molar-refractivity contribution in [3.8, 4) is 0 Å². The number of benzene rings is 1. The van der Waals surface area contributed by atoms with E-state index in [1.165, 1.54) is 0 Å². The van der Waals surface area contributed by atoms with Gasteiger partial charge in [0.1, 0.15) is 0 Å². The van der Waals surface area contributed by atoms with Crippen LogP contribution in [0.3, 0.4) is 0 Å². The van der Waals surface area contributed by atoms with Crippen LogP contribution < -0.4 is 10.2 Å². The molecule has 0 aliphatic carbocycles. The lowest BCUT2D eigenvalue weighted by molar-refractivity contribution is -0.147. The minimum atomic E-state index is -0.215. The fourth-order valence-corrected chi connectivity index (χ4v) is 2.30. The molecule has 1 saturated heterocycles. The van der Waals surface area contributed by atoms with E-state index in [1.54, 1.807) is 4.90 Å². The highest BCUT2D eigenvalue weighted by Crippen LogP contribution is 2.22. The maximum absolute atomic E-state index is 11.9. The van der Waals surface area contributed by atoms with Crippen LogP contribution in [0.5, 0.6) is 0 Å². The van der Waals surface area contributed by atoms with Gasteiger partial charge in [0.05, 0.1) is 12.1 Å². The standard InChI is InChI=1S/C15H20N2O3/c1-11(2)20-14(18)9-8-13-10-16-15(19)17(13)12-6-4-3-5-7-12/h3-7,11,13H,8-10H2,1-2H3,(H,16,19). The van der Waals surface area contributed by atoms with Gasteiger partial charge < -0.3 is 10.1 Å². The lowest BCUT2D eigenvalue weighted by Gasteiger charge is -2.23. The maximum Gasteiger partial charge on any atom is 0.322 e. The Hall–Kier alpha value is -2.04. The molecule has 2 amide bonds. The number of carbonyl (C=O) groups is 2. The summed E-state index contributed by atoms with van der Waals surface area (Å²) in [6.45, 7) is 4.21. The van der Waals surface area contributed by atoms with Gasteiger partial charge in [0, 0.05) is 18.7 Å². The van der Waals surface area contributed by atoms with E-state index >= 15 is 0 Å². The molecule has 1 aromatic carbocycles. The highest BCUT2D eigenvalue weighted by Gasteiger charge is 2.32. The molecule has 1 aromatic rings. The van der Waals surface area contributed by atoms with Gasteiger partial charge in [-0.1, -0.05) is 18.2 Å². The van der Waals surface area contributed by atoms with Crippen LogP contribution >= 0.6 is 0 Å². The van der Waals surface area contributed by atoms with Crippen LogP contribution in [0, 0.1) is 0 Å². The molecule has 1 N–H and O–H groups in total. The molecule has 108 valence electrons. The van der Waals surface area contributed by atoms with Crippen LogP contribution in [0.4, 0.5) is 10.5 Å². The summed E-state index contributed by atoms with van der Waals surface area (Å²) in [5.41, 5.74) is 0.852. The predicted octanol–water partition coefficient (Wildman–Crippen LogP) is 2.32. The second-order valence-corrected chi connectivity index (χ2v) is 5.12. The van der Waals surface area contributed by atoms with Gasteiger partial charge in [0.15, 0.2) is 0 Å². The van der Waals surface area contributed by atoms with Crippen LogP contribution in [0.2, 0.25) is 0 Å². The number of carbonyl (C=O) groups excluding carboxylic acids is 2. The topological polar surface area (TPSA) is 58.6 Å². The largest absolute Gasteiger partial charge is 0.463 e. The quantitative estimate of drug-likeness (QED) is 0.840. The van der Waals surface area contributed by atoms with Gasteiger partial charge >= 0.3 is 12.0 Å². The molecule has 5 nitrogen and oxygen atoms in total. The zero-order valence-corrected chi connectivity index (χ0v) is 11.8. The van der Waals surface area contributed by atoms with Crippen molar-refractivity contribution in [3.63, 3.8) is 0 Å². The third-order valence-electron chi connectivity index (χ3n) is 3.16. The van der Waals surface area contributed by atoms with Gasteiger partial charge in [0.25, 0.3) is 0 Å². The number of rotatable bonds is 5. The Morgan fingerprint density at radius 3 is 2.75 bits per heavy atom. The van der Waals surface area contributed by atoms with Gasteiger partial charge in [-0.15, -0.1) is 0 Å². The van der Waals surface area contributed by atoms with Gasteiger partial charge in [-0.05, 0) is 32.4 Å². The number of ether oxygens (including phenoxy) is 1. The smallest absolute Gasteiger partial charge is 0.322 e. The van der Waals surface area contributed by atoms with E-state index in [-0.39, 0.29) is 24.1 Å². The second kappa shape index (κ2) is 6.41. The second-order valence-electron chi connectivity index (χ2n) is 5.12. The molecule has 0 spiro atoms. The van der Waals surface area contributed by atoms with E-state index in [0.29, 0.717) is 19.4 Å². The lowest BCUT2D eigenvalue weighted by Crippen LogP contribution is -2.34. The Morgan fingerprint density at radius 1 is 1.40 bits per heavy atom. The molecule has 1 atom stereocenters. The van der Waals surface area contributed by atoms with E-state index < -0.39 is 0 Å². The van der Waals surface area contributed by atoms with Crippen molar-refractivity contribution in [2.45, 2.75) is 38.8 Å². The number of amides is 2. The van der Waals surface area contributed by atoms with E-state index in [9.17, 15) is 9.59 Å². The molecule has 2 rings (SSSR count). The average Bonchev–Trinajstić information content (AvgIpc) is 2.78. The highest BCUT2D eigenvalue weighted by atomic mass is 16.5. The van der Waals surface area contributed by atoms with Crippen LogP contribution in [0.15, 0.2) is 30.3 Å². The fourth-order valence-electron chi connectivity index (χ4n) is 2.30. The van der Waals surface area contributed by atoms with Crippen LogP contribution in [-0.2, 0) is 9.53 Å². The number of para-hydroxylation sites is 1. The summed E-state index contributed by atoms with van der Waals surface area (Å²) in [7, 11) is 0. The molecule has 0 radical (unpaired) electrons. The first-order valence-electron chi connectivity index (χ1n) is 6.89. The Morgan fingerprint density at radius 2 is 2.10 bits per heavy atom. The zero-order chi connectivity index (χ0) is 14.5. The van der Waals surface area contributed by atoms with Crippen LogP contribution in [-0.4, -0.2) is 30.7 Å². The molecule has 0 bridgehead atoms. The number of hydrogen-bond donors (Lipinski definition) is 1. The highest BCUT2D eigenvalue weighted by molar-refractivity contribution is 5.95. The molecule has 1 heterocycles. The van der Waals surface area contributed by atoms with Crippen molar-refractivity contribution in [1.82, 2.24) is 5.32 Å². The number of anilines is 1. The first-order valence-corrected chi connectivity index (χ1v) is 6.89. The minimum absolute atomic E-state index is 0.00962. The van der Waals surface area contributed by atoms with Gasteiger partial charge in [0.2, 0.25) is 0 Å². The van der Waals surface area contributed by atoms with Crippen molar-refractivity contribution in [1.29, 1.82) is 0 Å². The maximum atomic E-state index is 11.9. The average molecular weight is 276 g/mol. The Labute approximate surface area is 118 Å². The summed E-state index contributed by atoms with van der Waals surface area (Å²) in [4.78, 5) is 25.2. The first-order chi connectivity index (χ1) is 9.58. The summed E-state index contributed by atoms with van der Waals surface area (Å²) in [6, 6.07) is 9.36. The fraction of sp³-hybridized carbons (Fsp3) is 0.467. The van der Waals surface area contributed by atoms with E-state index in [1.807, 2.05) is 44.2 Å². The normalized spacial score (nSPS) is 18.2. The molecule has 20 heavy (non-hydrogen) atoms. The van der Waals surface area contributed by atoms with Gasteiger partial charge in [-0.2, -0.15) is 0 Å². The first kappa shape index (κ1) is 14.4. The predicted molar refractivity (Wildman–Crippen MR) is 76.6 cm³/mol. The molecule has 0 aromatic heterocycles. The monoisotopic (exact) mass is 276 g/mol. The molecule has 1 aliphatic heterocycles. The molecule has 5 heteroatoms. The Balaban J connectivity index is 1.97. The number of urea groups is 1. The lowest BCUT2D eigenvalue weighted by atomic mass is 10.1. The molecular formula is C15H20N2O3. The summed E-state index contributed by atoms with van der Waals surface area (Å²) in [5, 5.41) is 2.82. The molecule has 1 unspecified atom stereocenters. The van der Waals surface area contributed by atoms with E-state index in [0.717, 1.165) is 5.69 Å². The summed E-state index contributed by atoms with van der Waals surface area (Å²) >= 11 is 0. The Kier molecular flexibility index (Phi) is 4.61. The SMILES string of the molecule is CC(C)OC(=O)CCC1CNC(=O)N1c1ccccc1. The molecule has 1 aliphatic rings. The van der Waals surface area contributed by atoms with E-state index in [2.05, 4.69) is 5.32 Å². The molecule has 0 saturated carbocycles. The van der Waals surface area contributed by atoms with Crippen molar-refractivity contribution >= 4 is 17.7 Å². The minimum Gasteiger partial charge on any atom is -0.463 e. The van der Waals surface area contributed by atoms with E-state index in [4.69, 9.17) is 4.74 Å². The third-order valence-corrected chi connectivity index (χ3v) is 3.16. The van der Waals surface area contributed by atoms with Gasteiger partial charge in [-0.25, -0.2) is 4.79 Å². The number of nitrogens with one attached hydrogen (secondary N) is 1. The van der Waals surface area contributed by atoms with Crippen molar-refractivity contribution in [2.24, 2.45) is 0 Å². The van der Waals surface area contributed by atoms with Crippen LogP contribution in [0.25, 0.3) is 0 Å². The zero-order valence-electron chi connectivity index (χ0n) is 11.8. The van der Waals surface area contributed by atoms with Crippen molar-refractivity contribution < 1.29 is 14.3 Å². The number of hydrogen-bond acceptors (Lipinski definition) is 3. The number of esters is 1. The van der Waals surface area contributed by atoms with Crippen LogP contribution in [0.1, 0.15) is 26.7 Å². The summed E-state index contributed by atoms with van der Waals surface area (Å²) < 4.78 is 5.12. The molecular weight excluding hydrogens is 256 g/mol. The van der Waals surface area contributed by atoms with Crippen molar-refractivity contribution in [2.75, 3.05) is 11.4 Å². The Bertz CT molecular complexity index is 473.